The van der Waals surface area contributed by atoms with Crippen LogP contribution in [0.25, 0.3) is 0 Å². The zero-order valence-corrected chi connectivity index (χ0v) is 11.2. The van der Waals surface area contributed by atoms with Crippen molar-refractivity contribution in [2.45, 2.75) is 45.9 Å². The molecule has 0 saturated heterocycles. The Morgan fingerprint density at radius 1 is 1.28 bits per heavy atom. The lowest BCUT2D eigenvalue weighted by Gasteiger charge is -2.15. The molecule has 18 heavy (non-hydrogen) atoms. The standard InChI is InChI=1S/C14H22N2O2/c1-10(8-11(2)17)15-9-13-4-6-14(7-5-13)16-12(3)18/h4-7,10-11,15,17H,8-9H2,1-3H3,(H,16,18). The van der Waals surface area contributed by atoms with Crippen molar-refractivity contribution in [2.75, 3.05) is 5.32 Å². The maximum Gasteiger partial charge on any atom is 0.221 e. The fraction of sp³-hybridized carbons (Fsp3) is 0.500. The van der Waals surface area contributed by atoms with Crippen LogP contribution in [0.15, 0.2) is 24.3 Å². The Morgan fingerprint density at radius 2 is 1.89 bits per heavy atom. The topological polar surface area (TPSA) is 61.4 Å². The van der Waals surface area contributed by atoms with Gasteiger partial charge in [-0.2, -0.15) is 0 Å². The van der Waals surface area contributed by atoms with E-state index in [9.17, 15) is 9.90 Å². The minimum Gasteiger partial charge on any atom is -0.393 e. The van der Waals surface area contributed by atoms with Gasteiger partial charge in [-0.15, -0.1) is 0 Å². The van der Waals surface area contributed by atoms with Crippen LogP contribution >= 0.6 is 0 Å². The van der Waals surface area contributed by atoms with E-state index in [4.69, 9.17) is 0 Å². The predicted molar refractivity (Wildman–Crippen MR) is 73.3 cm³/mol. The number of hydrogen-bond donors (Lipinski definition) is 3. The van der Waals surface area contributed by atoms with E-state index in [-0.39, 0.29) is 18.1 Å². The molecule has 0 fully saturated rings. The number of nitrogens with one attached hydrogen (secondary N) is 2. The van der Waals surface area contributed by atoms with Gasteiger partial charge in [0, 0.05) is 25.2 Å². The van der Waals surface area contributed by atoms with Gasteiger partial charge < -0.3 is 15.7 Å². The van der Waals surface area contributed by atoms with Crippen LogP contribution in [0.1, 0.15) is 32.8 Å². The summed E-state index contributed by atoms with van der Waals surface area (Å²) in [6, 6.07) is 8.01. The number of aliphatic hydroxyl groups excluding tert-OH is 1. The summed E-state index contributed by atoms with van der Waals surface area (Å²) in [5.41, 5.74) is 1.96. The molecule has 1 aromatic carbocycles. The second kappa shape index (κ2) is 7.13. The molecule has 100 valence electrons. The molecule has 1 rings (SSSR count). The van der Waals surface area contributed by atoms with Gasteiger partial charge in [-0.05, 0) is 38.0 Å². The Balaban J connectivity index is 2.41. The number of carbonyl (C=O) groups is 1. The summed E-state index contributed by atoms with van der Waals surface area (Å²) in [5.74, 6) is -0.0635. The maximum absolute atomic E-state index is 10.9. The summed E-state index contributed by atoms with van der Waals surface area (Å²) in [7, 11) is 0. The van der Waals surface area contributed by atoms with Gasteiger partial charge in [0.25, 0.3) is 0 Å². The largest absolute Gasteiger partial charge is 0.393 e. The molecule has 1 amide bonds. The van der Waals surface area contributed by atoms with Crippen molar-refractivity contribution in [1.82, 2.24) is 5.32 Å². The van der Waals surface area contributed by atoms with Crippen molar-refractivity contribution in [3.63, 3.8) is 0 Å². The van der Waals surface area contributed by atoms with E-state index in [0.717, 1.165) is 24.2 Å². The fourth-order valence-electron chi connectivity index (χ4n) is 1.80. The number of carbonyl (C=O) groups excluding carboxylic acids is 1. The molecule has 2 unspecified atom stereocenters. The predicted octanol–water partition coefficient (Wildman–Crippen LogP) is 1.89. The van der Waals surface area contributed by atoms with Gasteiger partial charge in [0.1, 0.15) is 0 Å². The van der Waals surface area contributed by atoms with Crippen molar-refractivity contribution < 1.29 is 9.90 Å². The van der Waals surface area contributed by atoms with Crippen LogP contribution in [-0.4, -0.2) is 23.2 Å². The smallest absolute Gasteiger partial charge is 0.221 e. The molecule has 4 heteroatoms. The van der Waals surface area contributed by atoms with Crippen LogP contribution in [0.4, 0.5) is 5.69 Å². The molecule has 0 saturated carbocycles. The maximum atomic E-state index is 10.9. The summed E-state index contributed by atoms with van der Waals surface area (Å²) in [6.45, 7) is 6.10. The molecule has 3 N–H and O–H groups in total. The minimum absolute atomic E-state index is 0.0635. The Bertz CT molecular complexity index is 374. The zero-order chi connectivity index (χ0) is 13.5. The van der Waals surface area contributed by atoms with Gasteiger partial charge in [-0.3, -0.25) is 4.79 Å². The lowest BCUT2D eigenvalue weighted by molar-refractivity contribution is -0.114. The molecule has 0 aliphatic carbocycles. The summed E-state index contributed by atoms with van der Waals surface area (Å²) in [5, 5.41) is 15.3. The molecule has 4 nitrogen and oxygen atoms in total. The number of benzene rings is 1. The van der Waals surface area contributed by atoms with Gasteiger partial charge in [0.05, 0.1) is 6.10 Å². The van der Waals surface area contributed by atoms with Crippen LogP contribution in [0.3, 0.4) is 0 Å². The van der Waals surface area contributed by atoms with E-state index < -0.39 is 0 Å². The zero-order valence-electron chi connectivity index (χ0n) is 11.2. The first-order chi connectivity index (χ1) is 8.47. The van der Waals surface area contributed by atoms with Gasteiger partial charge in [-0.25, -0.2) is 0 Å². The minimum atomic E-state index is -0.283. The molecule has 0 aliphatic rings. The van der Waals surface area contributed by atoms with Crippen LogP contribution in [0, 0.1) is 0 Å². The van der Waals surface area contributed by atoms with Crippen LogP contribution in [0.2, 0.25) is 0 Å². The highest BCUT2D eigenvalue weighted by Gasteiger charge is 2.05. The third-order valence-corrected chi connectivity index (χ3v) is 2.62. The Kier molecular flexibility index (Phi) is 5.82. The average molecular weight is 250 g/mol. The van der Waals surface area contributed by atoms with Crippen molar-refractivity contribution >= 4 is 11.6 Å². The Morgan fingerprint density at radius 3 is 2.39 bits per heavy atom. The van der Waals surface area contributed by atoms with E-state index in [2.05, 4.69) is 17.6 Å². The van der Waals surface area contributed by atoms with E-state index in [1.165, 1.54) is 6.92 Å². The fourth-order valence-corrected chi connectivity index (χ4v) is 1.80. The summed E-state index contributed by atoms with van der Waals surface area (Å²) in [4.78, 5) is 10.9. The van der Waals surface area contributed by atoms with E-state index >= 15 is 0 Å². The molecule has 0 heterocycles. The third kappa shape index (κ3) is 5.80. The molecule has 0 spiro atoms. The SMILES string of the molecule is CC(=O)Nc1ccc(CNC(C)CC(C)O)cc1. The van der Waals surface area contributed by atoms with Crippen molar-refractivity contribution in [3.8, 4) is 0 Å². The van der Waals surface area contributed by atoms with Crippen molar-refractivity contribution in [2.24, 2.45) is 0 Å². The number of amides is 1. The number of hydrogen-bond acceptors (Lipinski definition) is 3. The van der Waals surface area contributed by atoms with Gasteiger partial charge in [-0.1, -0.05) is 12.1 Å². The van der Waals surface area contributed by atoms with E-state index in [1.54, 1.807) is 6.92 Å². The molecule has 1 aromatic rings. The highest BCUT2D eigenvalue weighted by molar-refractivity contribution is 5.88. The van der Waals surface area contributed by atoms with Gasteiger partial charge in [0.2, 0.25) is 5.91 Å². The van der Waals surface area contributed by atoms with Crippen LogP contribution in [-0.2, 0) is 11.3 Å². The van der Waals surface area contributed by atoms with Gasteiger partial charge in [0.15, 0.2) is 0 Å². The van der Waals surface area contributed by atoms with Crippen molar-refractivity contribution in [1.29, 1.82) is 0 Å². The number of aliphatic hydroxyl groups is 1. The Hall–Kier alpha value is -1.39. The van der Waals surface area contributed by atoms with Gasteiger partial charge >= 0.3 is 0 Å². The number of anilines is 1. The Labute approximate surface area is 108 Å². The molecule has 0 bridgehead atoms. The average Bonchev–Trinajstić information content (AvgIpc) is 2.26. The normalized spacial score (nSPS) is 14.0. The van der Waals surface area contributed by atoms with Crippen molar-refractivity contribution in [3.05, 3.63) is 29.8 Å². The summed E-state index contributed by atoms with van der Waals surface area (Å²) < 4.78 is 0. The van der Waals surface area contributed by atoms with Crippen LogP contribution in [0.5, 0.6) is 0 Å². The van der Waals surface area contributed by atoms with Crippen LogP contribution < -0.4 is 10.6 Å². The molecule has 0 aromatic heterocycles. The first-order valence-corrected chi connectivity index (χ1v) is 6.25. The second-order valence-electron chi connectivity index (χ2n) is 4.74. The van der Waals surface area contributed by atoms with E-state index in [1.807, 2.05) is 24.3 Å². The molecular formula is C14H22N2O2. The first-order valence-electron chi connectivity index (χ1n) is 6.25. The molecule has 0 aliphatic heterocycles. The van der Waals surface area contributed by atoms with E-state index in [0.29, 0.717) is 0 Å². The quantitative estimate of drug-likeness (QED) is 0.722. The third-order valence-electron chi connectivity index (χ3n) is 2.62. The highest BCUT2D eigenvalue weighted by Crippen LogP contribution is 2.09. The lowest BCUT2D eigenvalue weighted by Crippen LogP contribution is -2.28. The monoisotopic (exact) mass is 250 g/mol. The first kappa shape index (κ1) is 14.7. The second-order valence-corrected chi connectivity index (χ2v) is 4.74. The summed E-state index contributed by atoms with van der Waals surface area (Å²) >= 11 is 0. The highest BCUT2D eigenvalue weighted by atomic mass is 16.3. The molecule has 0 radical (unpaired) electrons. The summed E-state index contributed by atoms with van der Waals surface area (Å²) in [6.07, 6.45) is 0.457. The number of rotatable bonds is 6. The molecule has 2 atom stereocenters. The molecular weight excluding hydrogens is 228 g/mol. The lowest BCUT2D eigenvalue weighted by atomic mass is 10.1.